The molecule has 0 saturated carbocycles. The molecule has 2 aromatic carbocycles. The molecule has 0 saturated heterocycles. The normalized spacial score (nSPS) is 11.5. The monoisotopic (exact) mass is 385 g/mol. The molecule has 4 aromatic rings. The highest BCUT2D eigenvalue weighted by atomic mass is 35.5. The van der Waals surface area contributed by atoms with Gasteiger partial charge in [-0.3, -0.25) is 9.30 Å². The van der Waals surface area contributed by atoms with Gasteiger partial charge in [0.15, 0.2) is 4.96 Å². The van der Waals surface area contributed by atoms with Gasteiger partial charge in [-0.1, -0.05) is 48.0 Å². The molecule has 0 aliphatic heterocycles. The summed E-state index contributed by atoms with van der Waals surface area (Å²) in [6.45, 7) is 1.06. The summed E-state index contributed by atoms with van der Waals surface area (Å²) >= 11 is 7.78. The Kier molecular flexibility index (Phi) is 4.76. The molecule has 2 heterocycles. The molecular formula is C20H17ClFN3S. The van der Waals surface area contributed by atoms with Crippen molar-refractivity contribution in [3.8, 4) is 11.3 Å². The maximum atomic E-state index is 14.1. The molecule has 0 amide bonds. The summed E-state index contributed by atoms with van der Waals surface area (Å²) in [6, 6.07) is 14.9. The van der Waals surface area contributed by atoms with Crippen LogP contribution >= 0.6 is 22.9 Å². The summed E-state index contributed by atoms with van der Waals surface area (Å²) in [5.41, 5.74) is 3.64. The van der Waals surface area contributed by atoms with Gasteiger partial charge < -0.3 is 0 Å². The van der Waals surface area contributed by atoms with Crippen LogP contribution in [0.3, 0.4) is 0 Å². The summed E-state index contributed by atoms with van der Waals surface area (Å²) in [4.78, 5) is 7.80. The summed E-state index contributed by atoms with van der Waals surface area (Å²) in [5.74, 6) is -0.276. The summed E-state index contributed by atoms with van der Waals surface area (Å²) < 4.78 is 16.2. The molecule has 0 unspecified atom stereocenters. The van der Waals surface area contributed by atoms with Crippen molar-refractivity contribution in [2.45, 2.75) is 13.1 Å². The summed E-state index contributed by atoms with van der Waals surface area (Å²) in [7, 11) is 1.96. The number of rotatable bonds is 5. The fourth-order valence-corrected chi connectivity index (χ4v) is 4.03. The van der Waals surface area contributed by atoms with Crippen molar-refractivity contribution < 1.29 is 4.39 Å². The van der Waals surface area contributed by atoms with Gasteiger partial charge in [-0.2, -0.15) is 0 Å². The molecule has 26 heavy (non-hydrogen) atoms. The lowest BCUT2D eigenvalue weighted by molar-refractivity contribution is 0.309. The van der Waals surface area contributed by atoms with Gasteiger partial charge in [-0.25, -0.2) is 9.37 Å². The van der Waals surface area contributed by atoms with Crippen LogP contribution in [-0.4, -0.2) is 21.3 Å². The van der Waals surface area contributed by atoms with Crippen LogP contribution in [0, 0.1) is 5.82 Å². The number of nitrogens with zero attached hydrogens (tertiary/aromatic N) is 3. The van der Waals surface area contributed by atoms with E-state index in [-0.39, 0.29) is 5.82 Å². The molecule has 132 valence electrons. The van der Waals surface area contributed by atoms with Gasteiger partial charge in [0.25, 0.3) is 0 Å². The van der Waals surface area contributed by atoms with E-state index in [0.717, 1.165) is 21.9 Å². The Bertz CT molecular complexity index is 1020. The van der Waals surface area contributed by atoms with E-state index in [1.54, 1.807) is 23.5 Å². The molecule has 0 fully saturated rings. The van der Waals surface area contributed by atoms with Crippen LogP contribution in [0.15, 0.2) is 60.1 Å². The molecule has 6 heteroatoms. The minimum atomic E-state index is -0.276. The van der Waals surface area contributed by atoms with Crippen molar-refractivity contribution in [1.29, 1.82) is 0 Å². The Morgan fingerprint density at radius 3 is 2.69 bits per heavy atom. The summed E-state index contributed by atoms with van der Waals surface area (Å²) in [5, 5.41) is 2.48. The molecule has 2 aromatic heterocycles. The Labute approximate surface area is 160 Å². The zero-order valence-electron chi connectivity index (χ0n) is 14.2. The lowest BCUT2D eigenvalue weighted by Gasteiger charge is -2.18. The van der Waals surface area contributed by atoms with Gasteiger partial charge in [0, 0.05) is 40.8 Å². The van der Waals surface area contributed by atoms with Crippen LogP contribution in [0.5, 0.6) is 0 Å². The molecule has 3 nitrogen and oxygen atoms in total. The molecular weight excluding hydrogens is 369 g/mol. The molecule has 0 bridgehead atoms. The van der Waals surface area contributed by atoms with E-state index in [1.165, 1.54) is 6.07 Å². The first-order valence-corrected chi connectivity index (χ1v) is 9.50. The number of imidazole rings is 1. The molecule has 4 rings (SSSR count). The second kappa shape index (κ2) is 7.19. The van der Waals surface area contributed by atoms with Crippen LogP contribution in [0.1, 0.15) is 11.3 Å². The van der Waals surface area contributed by atoms with Crippen molar-refractivity contribution in [3.63, 3.8) is 0 Å². The number of benzene rings is 2. The highest BCUT2D eigenvalue weighted by Gasteiger charge is 2.17. The number of hydrogen-bond acceptors (Lipinski definition) is 3. The zero-order valence-corrected chi connectivity index (χ0v) is 15.8. The Hall–Kier alpha value is -2.21. The number of aromatic nitrogens is 2. The van der Waals surface area contributed by atoms with Crippen LogP contribution in [0.2, 0.25) is 5.02 Å². The topological polar surface area (TPSA) is 20.5 Å². The van der Waals surface area contributed by atoms with E-state index >= 15 is 0 Å². The van der Waals surface area contributed by atoms with Gasteiger partial charge in [0.05, 0.1) is 11.4 Å². The van der Waals surface area contributed by atoms with Crippen molar-refractivity contribution in [2.24, 2.45) is 0 Å². The Morgan fingerprint density at radius 2 is 1.92 bits per heavy atom. The van der Waals surface area contributed by atoms with Crippen LogP contribution in [0.25, 0.3) is 16.2 Å². The molecule has 0 radical (unpaired) electrons. The average molecular weight is 386 g/mol. The third-order valence-electron chi connectivity index (χ3n) is 4.32. The number of hydrogen-bond donors (Lipinski definition) is 0. The van der Waals surface area contributed by atoms with Crippen molar-refractivity contribution in [1.82, 2.24) is 14.3 Å². The van der Waals surface area contributed by atoms with E-state index < -0.39 is 0 Å². The Balaban J connectivity index is 1.67. The zero-order chi connectivity index (χ0) is 18.1. The molecule has 0 aliphatic rings. The third kappa shape index (κ3) is 3.26. The van der Waals surface area contributed by atoms with Gasteiger partial charge in [0.1, 0.15) is 5.82 Å². The summed E-state index contributed by atoms with van der Waals surface area (Å²) in [6.07, 6.45) is 2.03. The minimum absolute atomic E-state index is 0.276. The number of fused-ring (bicyclic) bond motifs is 1. The van der Waals surface area contributed by atoms with Gasteiger partial charge in [-0.15, -0.1) is 11.3 Å². The average Bonchev–Trinajstić information content (AvgIpc) is 3.22. The second-order valence-electron chi connectivity index (χ2n) is 6.20. The van der Waals surface area contributed by atoms with E-state index in [9.17, 15) is 4.39 Å². The second-order valence-corrected chi connectivity index (χ2v) is 7.48. The predicted octanol–water partition coefficient (Wildman–Crippen LogP) is 5.49. The highest BCUT2D eigenvalue weighted by molar-refractivity contribution is 7.15. The minimum Gasteiger partial charge on any atom is -0.296 e. The van der Waals surface area contributed by atoms with E-state index in [0.29, 0.717) is 23.7 Å². The van der Waals surface area contributed by atoms with Crippen molar-refractivity contribution >= 4 is 27.9 Å². The van der Waals surface area contributed by atoms with Gasteiger partial charge in [0.2, 0.25) is 0 Å². The quantitative estimate of drug-likeness (QED) is 0.453. The third-order valence-corrected chi connectivity index (χ3v) is 5.43. The number of thiazole rings is 1. The molecule has 0 atom stereocenters. The van der Waals surface area contributed by atoms with Crippen molar-refractivity contribution in [3.05, 3.63) is 82.2 Å². The van der Waals surface area contributed by atoms with Crippen LogP contribution in [-0.2, 0) is 13.1 Å². The van der Waals surface area contributed by atoms with Gasteiger partial charge in [-0.05, 0) is 19.2 Å². The SMILES string of the molecule is CN(Cc1c(F)cccc1Cl)Cc1c(-c2ccccc2)nc2sccn12. The Morgan fingerprint density at radius 1 is 1.12 bits per heavy atom. The largest absolute Gasteiger partial charge is 0.296 e. The van der Waals surface area contributed by atoms with E-state index in [4.69, 9.17) is 16.6 Å². The van der Waals surface area contributed by atoms with Crippen molar-refractivity contribution in [2.75, 3.05) is 7.05 Å². The number of halogens is 2. The fourth-order valence-electron chi connectivity index (χ4n) is 3.08. The van der Waals surface area contributed by atoms with Crippen LogP contribution in [0.4, 0.5) is 4.39 Å². The fraction of sp³-hybridized carbons (Fsp3) is 0.150. The predicted molar refractivity (Wildman–Crippen MR) is 105 cm³/mol. The highest BCUT2D eigenvalue weighted by Crippen LogP contribution is 2.28. The first-order valence-electron chi connectivity index (χ1n) is 8.25. The first kappa shape index (κ1) is 17.2. The van der Waals surface area contributed by atoms with Crippen LogP contribution < -0.4 is 0 Å². The maximum Gasteiger partial charge on any atom is 0.194 e. The lowest BCUT2D eigenvalue weighted by Crippen LogP contribution is -2.19. The smallest absolute Gasteiger partial charge is 0.194 e. The standard InChI is InChI=1S/C20H17ClFN3S/c1-24(12-15-16(21)8-5-9-17(15)22)13-18-19(14-6-3-2-4-7-14)23-20-25(18)10-11-26-20/h2-11H,12-13H2,1H3. The van der Waals surface area contributed by atoms with E-state index in [1.807, 2.05) is 36.8 Å². The molecule has 0 N–H and O–H groups in total. The van der Waals surface area contributed by atoms with Gasteiger partial charge >= 0.3 is 0 Å². The molecule has 0 spiro atoms. The molecule has 0 aliphatic carbocycles. The van der Waals surface area contributed by atoms with E-state index in [2.05, 4.69) is 21.4 Å². The lowest BCUT2D eigenvalue weighted by atomic mass is 10.1. The first-order chi connectivity index (χ1) is 12.6. The maximum absolute atomic E-state index is 14.1.